The van der Waals surface area contributed by atoms with Crippen LogP contribution in [0.15, 0.2) is 48.7 Å². The van der Waals surface area contributed by atoms with Crippen LogP contribution in [0.2, 0.25) is 0 Å². The first-order valence-corrected chi connectivity index (χ1v) is 6.61. The van der Waals surface area contributed by atoms with Gasteiger partial charge in [0, 0.05) is 18.8 Å². The molecule has 0 atom stereocenters. The summed E-state index contributed by atoms with van der Waals surface area (Å²) >= 11 is 0. The first kappa shape index (κ1) is 17.6. The van der Waals surface area contributed by atoms with Crippen LogP contribution >= 0.6 is 0 Å². The molecule has 0 aliphatic carbocycles. The van der Waals surface area contributed by atoms with Gasteiger partial charge in [-0.1, -0.05) is 18.2 Å². The van der Waals surface area contributed by atoms with E-state index in [1.165, 1.54) is 24.4 Å². The van der Waals surface area contributed by atoms with E-state index in [1.54, 1.807) is 29.6 Å². The normalized spacial score (nSPS) is 11.9. The lowest BCUT2D eigenvalue weighted by Crippen LogP contribution is -2.50. The fourth-order valence-corrected chi connectivity index (χ4v) is 1.67. The van der Waals surface area contributed by atoms with E-state index in [9.17, 15) is 26.7 Å². The number of pyridine rings is 1. The molecule has 2 rings (SSSR count). The van der Waals surface area contributed by atoms with Gasteiger partial charge in [0.1, 0.15) is 5.75 Å². The van der Waals surface area contributed by atoms with Crippen LogP contribution in [0, 0.1) is 0 Å². The molecule has 1 aromatic heterocycles. The van der Waals surface area contributed by atoms with Gasteiger partial charge in [-0.3, -0.25) is 4.79 Å². The minimum absolute atomic E-state index is 0.280. The molecule has 0 aliphatic heterocycles. The van der Waals surface area contributed by atoms with E-state index in [4.69, 9.17) is 4.74 Å². The monoisotopic (exact) mass is 346 g/mol. The second-order valence-corrected chi connectivity index (χ2v) is 4.67. The van der Waals surface area contributed by atoms with Crippen molar-refractivity contribution in [2.45, 2.75) is 18.6 Å². The Morgan fingerprint density at radius 1 is 1.08 bits per heavy atom. The average molecular weight is 346 g/mol. The number of aromatic nitrogens is 1. The van der Waals surface area contributed by atoms with Crippen molar-refractivity contribution in [2.75, 3.05) is 0 Å². The van der Waals surface area contributed by atoms with Crippen LogP contribution in [0.4, 0.5) is 22.0 Å². The lowest BCUT2D eigenvalue weighted by Gasteiger charge is -2.18. The predicted molar refractivity (Wildman–Crippen MR) is 73.6 cm³/mol. The molecule has 0 radical (unpaired) electrons. The number of carbonyl (C=O) groups is 1. The number of rotatable bonds is 5. The molecule has 0 fully saturated rings. The van der Waals surface area contributed by atoms with Crippen LogP contribution in [0.3, 0.4) is 0 Å². The van der Waals surface area contributed by atoms with E-state index in [0.717, 1.165) is 0 Å². The molecule has 1 amide bonds. The Morgan fingerprint density at radius 2 is 1.83 bits per heavy atom. The average Bonchev–Trinajstić information content (AvgIpc) is 2.53. The Labute approximate surface area is 133 Å². The van der Waals surface area contributed by atoms with Crippen molar-refractivity contribution in [1.29, 1.82) is 0 Å². The van der Waals surface area contributed by atoms with E-state index in [2.05, 4.69) is 4.98 Å². The number of alkyl halides is 5. The Morgan fingerprint density at radius 3 is 2.46 bits per heavy atom. The molecule has 0 saturated carbocycles. The molecule has 4 nitrogen and oxygen atoms in total. The highest BCUT2D eigenvalue weighted by molar-refractivity contribution is 5.84. The number of carbonyl (C=O) groups excluding carboxylic acids is 1. The summed E-state index contributed by atoms with van der Waals surface area (Å²) in [7, 11) is 0. The van der Waals surface area contributed by atoms with Crippen molar-refractivity contribution in [1.82, 2.24) is 10.3 Å². The van der Waals surface area contributed by atoms with Crippen LogP contribution in [-0.4, -0.2) is 23.0 Å². The summed E-state index contributed by atoms with van der Waals surface area (Å²) in [6, 6.07) is 10.8. The molecular weight excluding hydrogens is 335 g/mol. The van der Waals surface area contributed by atoms with Gasteiger partial charge in [-0.15, -0.1) is 0 Å². The predicted octanol–water partition coefficient (Wildman–Crippen LogP) is 3.69. The maximum absolute atomic E-state index is 12.8. The molecule has 1 heterocycles. The third-order valence-corrected chi connectivity index (χ3v) is 2.85. The van der Waals surface area contributed by atoms with Gasteiger partial charge in [0.2, 0.25) is 5.88 Å². The first-order valence-electron chi connectivity index (χ1n) is 6.61. The zero-order valence-corrected chi connectivity index (χ0v) is 12.0. The van der Waals surface area contributed by atoms with E-state index in [1.807, 2.05) is 0 Å². The SMILES string of the molecule is O=C(NCc1cccc(Oc2ccccn2)c1)C(F)(F)C(F)(F)F. The summed E-state index contributed by atoms with van der Waals surface area (Å²) in [5, 5.41) is 1.56. The molecule has 2 aromatic rings. The maximum atomic E-state index is 12.8. The number of nitrogens with one attached hydrogen (secondary N) is 1. The topological polar surface area (TPSA) is 51.2 Å². The van der Waals surface area contributed by atoms with Gasteiger partial charge in [0.05, 0.1) is 0 Å². The minimum Gasteiger partial charge on any atom is -0.439 e. The fourth-order valence-electron chi connectivity index (χ4n) is 1.67. The van der Waals surface area contributed by atoms with Crippen LogP contribution in [0.25, 0.3) is 0 Å². The van der Waals surface area contributed by atoms with Crippen molar-refractivity contribution in [3.05, 3.63) is 54.2 Å². The molecule has 1 aromatic carbocycles. The number of nitrogens with zero attached hydrogens (tertiary/aromatic N) is 1. The summed E-state index contributed by atoms with van der Waals surface area (Å²) < 4.78 is 67.3. The Balaban J connectivity index is 2.01. The number of hydrogen-bond acceptors (Lipinski definition) is 3. The molecule has 1 N–H and O–H groups in total. The third-order valence-electron chi connectivity index (χ3n) is 2.85. The van der Waals surface area contributed by atoms with Crippen LogP contribution < -0.4 is 10.1 Å². The van der Waals surface area contributed by atoms with Crippen molar-refractivity contribution >= 4 is 5.91 Å². The Bertz CT molecular complexity index is 705. The van der Waals surface area contributed by atoms with Gasteiger partial charge in [-0.2, -0.15) is 22.0 Å². The molecule has 0 saturated heterocycles. The molecule has 0 bridgehead atoms. The zero-order valence-electron chi connectivity index (χ0n) is 12.0. The van der Waals surface area contributed by atoms with Crippen LogP contribution in [0.1, 0.15) is 5.56 Å². The molecule has 9 heteroatoms. The largest absolute Gasteiger partial charge is 0.463 e. The van der Waals surface area contributed by atoms with Gasteiger partial charge in [-0.25, -0.2) is 4.98 Å². The number of ether oxygens (including phenoxy) is 1. The highest BCUT2D eigenvalue weighted by Crippen LogP contribution is 2.35. The lowest BCUT2D eigenvalue weighted by atomic mass is 10.2. The van der Waals surface area contributed by atoms with Gasteiger partial charge >= 0.3 is 18.0 Å². The van der Waals surface area contributed by atoms with Gasteiger partial charge in [-0.05, 0) is 23.8 Å². The second-order valence-electron chi connectivity index (χ2n) is 4.67. The van der Waals surface area contributed by atoms with Gasteiger partial charge < -0.3 is 10.1 Å². The van der Waals surface area contributed by atoms with Crippen LogP contribution in [0.5, 0.6) is 11.6 Å². The Hall–Kier alpha value is -2.71. The summed E-state index contributed by atoms with van der Waals surface area (Å²) in [4.78, 5) is 15.0. The number of hydrogen-bond donors (Lipinski definition) is 1. The van der Waals surface area contributed by atoms with Crippen LogP contribution in [-0.2, 0) is 11.3 Å². The molecular formula is C15H11F5N2O2. The molecule has 24 heavy (non-hydrogen) atoms. The number of amides is 1. The lowest BCUT2D eigenvalue weighted by molar-refractivity contribution is -0.269. The molecule has 0 aliphatic rings. The summed E-state index contributed by atoms with van der Waals surface area (Å²) in [6.45, 7) is -0.510. The first-order chi connectivity index (χ1) is 11.2. The van der Waals surface area contributed by atoms with Gasteiger partial charge in [0.15, 0.2) is 0 Å². The summed E-state index contributed by atoms with van der Waals surface area (Å²) in [5.74, 6) is -7.29. The third kappa shape index (κ3) is 4.18. The smallest absolute Gasteiger partial charge is 0.439 e. The van der Waals surface area contributed by atoms with Crippen molar-refractivity contribution in [2.24, 2.45) is 0 Å². The summed E-state index contributed by atoms with van der Waals surface area (Å²) in [5.41, 5.74) is 0.287. The van der Waals surface area contributed by atoms with E-state index >= 15 is 0 Å². The molecule has 0 unspecified atom stereocenters. The van der Waals surface area contributed by atoms with E-state index < -0.39 is 24.6 Å². The standard InChI is InChI=1S/C15H11F5N2O2/c16-14(17,15(18,19)20)13(23)22-9-10-4-3-5-11(8-10)24-12-6-1-2-7-21-12/h1-8H,9H2,(H,22,23). The quantitative estimate of drug-likeness (QED) is 0.840. The fraction of sp³-hybridized carbons (Fsp3) is 0.200. The molecule has 0 spiro atoms. The number of benzene rings is 1. The maximum Gasteiger partial charge on any atom is 0.463 e. The zero-order chi connectivity index (χ0) is 17.8. The van der Waals surface area contributed by atoms with E-state index in [-0.39, 0.29) is 11.4 Å². The van der Waals surface area contributed by atoms with E-state index in [0.29, 0.717) is 5.75 Å². The van der Waals surface area contributed by atoms with Crippen molar-refractivity contribution in [3.63, 3.8) is 0 Å². The van der Waals surface area contributed by atoms with Gasteiger partial charge in [0.25, 0.3) is 0 Å². The van der Waals surface area contributed by atoms with Crippen molar-refractivity contribution < 1.29 is 31.5 Å². The highest BCUT2D eigenvalue weighted by Gasteiger charge is 2.63. The minimum atomic E-state index is -5.94. The summed E-state index contributed by atoms with van der Waals surface area (Å²) in [6.07, 6.45) is -4.44. The van der Waals surface area contributed by atoms with Crippen molar-refractivity contribution in [3.8, 4) is 11.6 Å². The second kappa shape index (κ2) is 6.81. The highest BCUT2D eigenvalue weighted by atomic mass is 19.4. The molecule has 128 valence electrons. The number of halogens is 5. The Kier molecular flexibility index (Phi) is 5.01.